The summed E-state index contributed by atoms with van der Waals surface area (Å²) in [7, 11) is 0. The summed E-state index contributed by atoms with van der Waals surface area (Å²) < 4.78 is 11.3. The normalized spacial score (nSPS) is 28.7. The average molecular weight is 365 g/mol. The van der Waals surface area contributed by atoms with Crippen molar-refractivity contribution in [2.75, 3.05) is 6.61 Å². The molecule has 0 aromatic heterocycles. The Labute approximate surface area is 156 Å². The number of rotatable bonds is 5. The predicted octanol–water partition coefficient (Wildman–Crippen LogP) is 1.98. The molecule has 1 N–H and O–H groups in total. The number of para-hydroxylation sites is 1. The van der Waals surface area contributed by atoms with Crippen LogP contribution in [0.1, 0.15) is 18.9 Å². The summed E-state index contributed by atoms with van der Waals surface area (Å²) in [6, 6.07) is 18.1. The molecule has 3 unspecified atom stereocenters. The molecule has 1 amide bonds. The molecule has 6 nitrogen and oxygen atoms in total. The molecule has 1 heterocycles. The first-order valence-corrected chi connectivity index (χ1v) is 8.87. The van der Waals surface area contributed by atoms with E-state index in [4.69, 9.17) is 9.47 Å². The summed E-state index contributed by atoms with van der Waals surface area (Å²) >= 11 is 0. The number of Topliss-reactive ketones (excluding diaryl/α,β-unsaturated/α-hetero) is 1. The van der Waals surface area contributed by atoms with Crippen LogP contribution in [-0.2, 0) is 24.7 Å². The molecule has 0 spiro atoms. The van der Waals surface area contributed by atoms with Crippen LogP contribution in [0.4, 0.5) is 0 Å². The van der Waals surface area contributed by atoms with Crippen LogP contribution < -0.4 is 10.1 Å². The van der Waals surface area contributed by atoms with Crippen molar-refractivity contribution >= 4 is 17.7 Å². The zero-order valence-electron chi connectivity index (χ0n) is 14.8. The number of ether oxygens (including phenoxy) is 2. The van der Waals surface area contributed by atoms with Gasteiger partial charge in [0.2, 0.25) is 5.78 Å². The Morgan fingerprint density at radius 3 is 2.33 bits per heavy atom. The van der Waals surface area contributed by atoms with E-state index in [-0.39, 0.29) is 13.0 Å². The first-order valence-electron chi connectivity index (χ1n) is 8.87. The van der Waals surface area contributed by atoms with Crippen LogP contribution in [0.2, 0.25) is 0 Å². The van der Waals surface area contributed by atoms with Gasteiger partial charge in [-0.15, -0.1) is 0 Å². The summed E-state index contributed by atoms with van der Waals surface area (Å²) in [6.45, 7) is 1.79. The Morgan fingerprint density at radius 1 is 1.07 bits per heavy atom. The zero-order chi connectivity index (χ0) is 19.1. The van der Waals surface area contributed by atoms with Gasteiger partial charge in [-0.05, 0) is 24.6 Å². The van der Waals surface area contributed by atoms with Crippen molar-refractivity contribution in [1.29, 1.82) is 0 Å². The third kappa shape index (κ3) is 2.22. The van der Waals surface area contributed by atoms with Gasteiger partial charge in [0, 0.05) is 6.42 Å². The van der Waals surface area contributed by atoms with Gasteiger partial charge in [-0.1, -0.05) is 48.5 Å². The van der Waals surface area contributed by atoms with E-state index < -0.39 is 34.7 Å². The molecule has 2 aromatic carbocycles. The second-order valence-corrected chi connectivity index (χ2v) is 6.71. The second kappa shape index (κ2) is 6.23. The maximum Gasteiger partial charge on any atom is 0.323 e. The highest BCUT2D eigenvalue weighted by Crippen LogP contribution is 2.61. The highest BCUT2D eigenvalue weighted by Gasteiger charge is 2.81. The number of carbonyl (C=O) groups excluding carboxylic acids is 3. The van der Waals surface area contributed by atoms with Crippen LogP contribution in [0, 0.1) is 5.41 Å². The van der Waals surface area contributed by atoms with Crippen LogP contribution in [-0.4, -0.2) is 30.4 Å². The Morgan fingerprint density at radius 2 is 1.70 bits per heavy atom. The van der Waals surface area contributed by atoms with Crippen LogP contribution in [0.3, 0.4) is 0 Å². The molecule has 4 rings (SSSR count). The number of amides is 1. The number of hydrogen-bond donors (Lipinski definition) is 1. The number of esters is 1. The molecule has 1 aliphatic heterocycles. The molecule has 1 saturated heterocycles. The van der Waals surface area contributed by atoms with Crippen molar-refractivity contribution in [2.24, 2.45) is 5.41 Å². The number of hydrogen-bond acceptors (Lipinski definition) is 5. The van der Waals surface area contributed by atoms with Gasteiger partial charge < -0.3 is 14.8 Å². The van der Waals surface area contributed by atoms with Gasteiger partial charge in [0.1, 0.15) is 17.4 Å². The van der Waals surface area contributed by atoms with Crippen molar-refractivity contribution in [3.8, 4) is 5.75 Å². The lowest BCUT2D eigenvalue weighted by molar-refractivity contribution is -0.187. The van der Waals surface area contributed by atoms with Crippen molar-refractivity contribution in [3.63, 3.8) is 0 Å². The van der Waals surface area contributed by atoms with E-state index in [1.807, 2.05) is 24.3 Å². The molecule has 0 radical (unpaired) electrons. The fourth-order valence-corrected chi connectivity index (χ4v) is 4.21. The first kappa shape index (κ1) is 17.3. The SMILES string of the molecule is CCOC(=O)C12CC(Oc3ccccc3)C1(c1ccccc1)NC(=O)C2=O. The Hall–Kier alpha value is -3.15. The quantitative estimate of drug-likeness (QED) is 0.498. The summed E-state index contributed by atoms with van der Waals surface area (Å²) in [5.41, 5.74) is -2.25. The van der Waals surface area contributed by atoms with Crippen LogP contribution in [0.25, 0.3) is 0 Å². The summed E-state index contributed by atoms with van der Waals surface area (Å²) in [5.74, 6) is -1.64. The number of ketones is 1. The standard InChI is InChI=1S/C21H19NO5/c1-2-26-19(25)20-13-16(27-15-11-7-4-8-12-15)21(20,22-18(24)17(20)23)14-9-5-3-6-10-14/h3-12,16H,2,13H2,1H3,(H,22,24). The summed E-state index contributed by atoms with van der Waals surface area (Å²) in [6.07, 6.45) is -0.505. The molecule has 2 aromatic rings. The molecule has 3 atom stereocenters. The van der Waals surface area contributed by atoms with Gasteiger partial charge in [0.05, 0.1) is 6.61 Å². The van der Waals surface area contributed by atoms with Gasteiger partial charge >= 0.3 is 5.97 Å². The van der Waals surface area contributed by atoms with Crippen molar-refractivity contribution < 1.29 is 23.9 Å². The molecular weight excluding hydrogens is 346 g/mol. The maximum absolute atomic E-state index is 12.9. The molecule has 1 aliphatic carbocycles. The van der Waals surface area contributed by atoms with Gasteiger partial charge in [-0.25, -0.2) is 0 Å². The van der Waals surface area contributed by atoms with E-state index in [0.29, 0.717) is 11.3 Å². The van der Waals surface area contributed by atoms with Gasteiger partial charge in [-0.3, -0.25) is 14.4 Å². The predicted molar refractivity (Wildman–Crippen MR) is 95.8 cm³/mol. The number of benzene rings is 2. The zero-order valence-corrected chi connectivity index (χ0v) is 14.8. The molecule has 1 saturated carbocycles. The van der Waals surface area contributed by atoms with Crippen molar-refractivity contribution in [2.45, 2.75) is 25.0 Å². The van der Waals surface area contributed by atoms with Crippen LogP contribution in [0.15, 0.2) is 60.7 Å². The Bertz CT molecular complexity index is 897. The lowest BCUT2D eigenvalue weighted by Crippen LogP contribution is -2.73. The topological polar surface area (TPSA) is 81.7 Å². The molecule has 6 heteroatoms. The highest BCUT2D eigenvalue weighted by molar-refractivity contribution is 6.45. The monoisotopic (exact) mass is 365 g/mol. The average Bonchev–Trinajstić information content (AvgIpc) is 2.86. The van der Waals surface area contributed by atoms with Gasteiger partial charge in [-0.2, -0.15) is 0 Å². The fourth-order valence-electron chi connectivity index (χ4n) is 4.21. The summed E-state index contributed by atoms with van der Waals surface area (Å²) in [4.78, 5) is 38.1. The Balaban J connectivity index is 1.84. The maximum atomic E-state index is 12.9. The van der Waals surface area contributed by atoms with Crippen molar-refractivity contribution in [3.05, 3.63) is 66.2 Å². The molecule has 0 bridgehead atoms. The number of fused-ring (bicyclic) bond motifs is 1. The minimum Gasteiger partial charge on any atom is -0.488 e. The van der Waals surface area contributed by atoms with Gasteiger partial charge in [0.15, 0.2) is 5.41 Å². The lowest BCUT2D eigenvalue weighted by Gasteiger charge is -2.56. The molecule has 138 valence electrons. The first-order chi connectivity index (χ1) is 13.1. The van der Waals surface area contributed by atoms with E-state index in [1.54, 1.807) is 43.3 Å². The molecular formula is C21H19NO5. The smallest absolute Gasteiger partial charge is 0.323 e. The van der Waals surface area contributed by atoms with E-state index in [2.05, 4.69) is 5.32 Å². The third-order valence-electron chi connectivity index (χ3n) is 5.43. The lowest BCUT2D eigenvalue weighted by atomic mass is 9.50. The van der Waals surface area contributed by atoms with E-state index in [1.165, 1.54) is 0 Å². The molecule has 27 heavy (non-hydrogen) atoms. The second-order valence-electron chi connectivity index (χ2n) is 6.71. The number of carbonyl (C=O) groups is 3. The number of nitrogens with one attached hydrogen (secondary N) is 1. The minimum atomic E-state index is -1.61. The minimum absolute atomic E-state index is 0.0766. The third-order valence-corrected chi connectivity index (χ3v) is 5.43. The largest absolute Gasteiger partial charge is 0.488 e. The van der Waals surface area contributed by atoms with E-state index >= 15 is 0 Å². The summed E-state index contributed by atoms with van der Waals surface area (Å²) in [5, 5.41) is 2.77. The van der Waals surface area contributed by atoms with E-state index in [9.17, 15) is 14.4 Å². The fraction of sp³-hybridized carbons (Fsp3) is 0.286. The molecule has 2 fully saturated rings. The Kier molecular flexibility index (Phi) is 3.98. The van der Waals surface area contributed by atoms with Crippen molar-refractivity contribution in [1.82, 2.24) is 5.32 Å². The van der Waals surface area contributed by atoms with E-state index in [0.717, 1.165) is 0 Å². The van der Waals surface area contributed by atoms with Gasteiger partial charge in [0.25, 0.3) is 5.91 Å². The highest BCUT2D eigenvalue weighted by atomic mass is 16.5. The molecule has 2 aliphatic rings. The van der Waals surface area contributed by atoms with Crippen LogP contribution >= 0.6 is 0 Å². The van der Waals surface area contributed by atoms with Crippen LogP contribution in [0.5, 0.6) is 5.75 Å².